The highest BCUT2D eigenvalue weighted by Crippen LogP contribution is 2.34. The topological polar surface area (TPSA) is 79.2 Å². The van der Waals surface area contributed by atoms with Gasteiger partial charge in [-0.2, -0.15) is 0 Å². The van der Waals surface area contributed by atoms with Gasteiger partial charge >= 0.3 is 6.09 Å². The molecule has 1 amide bonds. The number of carbonyl (C=O) groups is 2. The molecule has 0 saturated heterocycles. The van der Waals surface area contributed by atoms with Crippen LogP contribution in [0.1, 0.15) is 20.8 Å². The molecule has 0 bridgehead atoms. The van der Waals surface area contributed by atoms with Gasteiger partial charge in [0.15, 0.2) is 0 Å². The molecule has 0 saturated carbocycles. The second kappa shape index (κ2) is 11.3. The van der Waals surface area contributed by atoms with E-state index in [4.69, 9.17) is 18.9 Å². The van der Waals surface area contributed by atoms with Crippen LogP contribution in [0.4, 0.5) is 14.9 Å². The van der Waals surface area contributed by atoms with Crippen LogP contribution in [0.25, 0.3) is 21.8 Å². The number of amides is 1. The van der Waals surface area contributed by atoms with Gasteiger partial charge in [0.1, 0.15) is 24.6 Å². The summed E-state index contributed by atoms with van der Waals surface area (Å²) in [5.41, 5.74) is 1.23. The van der Waals surface area contributed by atoms with Crippen molar-refractivity contribution < 1.29 is 32.9 Å². The van der Waals surface area contributed by atoms with Crippen LogP contribution in [0.5, 0.6) is 5.75 Å². The molecule has 0 aliphatic carbocycles. The Labute approximate surface area is 198 Å². The molecular formula is C25H31FN2O6. The molecule has 9 heteroatoms. The summed E-state index contributed by atoms with van der Waals surface area (Å²) >= 11 is 0. The highest BCUT2D eigenvalue weighted by molar-refractivity contribution is 6.13. The van der Waals surface area contributed by atoms with Crippen LogP contribution in [0.2, 0.25) is 0 Å². The van der Waals surface area contributed by atoms with Crippen LogP contribution in [0.15, 0.2) is 36.4 Å². The van der Waals surface area contributed by atoms with Gasteiger partial charge < -0.3 is 23.8 Å². The third kappa shape index (κ3) is 6.24. The number of nitrogens with zero attached hydrogens (tertiary/aromatic N) is 2. The lowest BCUT2D eigenvalue weighted by atomic mass is 10.1. The summed E-state index contributed by atoms with van der Waals surface area (Å²) in [6.07, 6.45) is 0.190. The van der Waals surface area contributed by atoms with E-state index in [1.165, 1.54) is 9.47 Å². The van der Waals surface area contributed by atoms with Gasteiger partial charge in [-0.05, 0) is 45.0 Å². The Kier molecular flexibility index (Phi) is 8.46. The fraction of sp³-hybridized carbons (Fsp3) is 0.440. The van der Waals surface area contributed by atoms with E-state index in [0.29, 0.717) is 55.3 Å². The lowest BCUT2D eigenvalue weighted by Gasteiger charge is -2.20. The maximum absolute atomic E-state index is 13.2. The minimum atomic E-state index is -0.684. The number of rotatable bonds is 11. The summed E-state index contributed by atoms with van der Waals surface area (Å²) in [5, 5.41) is 1.71. The largest absolute Gasteiger partial charge is 0.491 e. The maximum Gasteiger partial charge on any atom is 0.419 e. The highest BCUT2D eigenvalue weighted by Gasteiger charge is 2.23. The Balaban J connectivity index is 1.88. The van der Waals surface area contributed by atoms with Crippen molar-refractivity contribution in [1.29, 1.82) is 0 Å². The first kappa shape index (κ1) is 25.5. The van der Waals surface area contributed by atoms with Crippen LogP contribution in [0, 0.1) is 0 Å². The maximum atomic E-state index is 13.2. The van der Waals surface area contributed by atoms with Crippen molar-refractivity contribution >= 4 is 40.0 Å². The van der Waals surface area contributed by atoms with Crippen molar-refractivity contribution in [2.75, 3.05) is 51.7 Å². The first-order valence-electron chi connectivity index (χ1n) is 11.1. The van der Waals surface area contributed by atoms with Crippen LogP contribution < -0.4 is 9.64 Å². The molecular weight excluding hydrogens is 442 g/mol. The summed E-state index contributed by atoms with van der Waals surface area (Å²) in [6.45, 7) is 6.30. The smallest absolute Gasteiger partial charge is 0.419 e. The molecule has 3 aromatic rings. The summed E-state index contributed by atoms with van der Waals surface area (Å²) in [6, 6.07) is 11.0. The molecule has 0 aliphatic heterocycles. The van der Waals surface area contributed by atoms with Crippen molar-refractivity contribution in [1.82, 2.24) is 4.57 Å². The molecule has 2 aromatic carbocycles. The Morgan fingerprint density at radius 1 is 0.971 bits per heavy atom. The minimum absolute atomic E-state index is 0.0679. The van der Waals surface area contributed by atoms with Crippen molar-refractivity contribution in [2.45, 2.75) is 26.4 Å². The lowest BCUT2D eigenvalue weighted by Crippen LogP contribution is -2.27. The zero-order chi connectivity index (χ0) is 24.7. The number of ether oxygens (including phenoxy) is 4. The lowest BCUT2D eigenvalue weighted by molar-refractivity contribution is -0.107. The molecule has 0 fully saturated rings. The van der Waals surface area contributed by atoms with Crippen molar-refractivity contribution in [3.63, 3.8) is 0 Å². The van der Waals surface area contributed by atoms with Gasteiger partial charge in [-0.25, -0.2) is 13.8 Å². The third-order valence-electron chi connectivity index (χ3n) is 4.95. The zero-order valence-corrected chi connectivity index (χ0v) is 20.0. The average molecular weight is 474 g/mol. The van der Waals surface area contributed by atoms with Crippen LogP contribution in [-0.4, -0.2) is 69.4 Å². The minimum Gasteiger partial charge on any atom is -0.491 e. The normalized spacial score (nSPS) is 11.7. The quantitative estimate of drug-likeness (QED) is 0.300. The monoisotopic (exact) mass is 473 g/mol. The van der Waals surface area contributed by atoms with Gasteiger partial charge in [0, 0.05) is 29.6 Å². The van der Waals surface area contributed by atoms with E-state index in [1.807, 2.05) is 45.0 Å². The number of halogens is 1. The Morgan fingerprint density at radius 2 is 1.59 bits per heavy atom. The first-order valence-corrected chi connectivity index (χ1v) is 11.1. The van der Waals surface area contributed by atoms with Gasteiger partial charge in [0.2, 0.25) is 6.41 Å². The summed E-state index contributed by atoms with van der Waals surface area (Å²) in [5.74, 6) is 0.572. The number of aromatic nitrogens is 1. The molecule has 0 spiro atoms. The van der Waals surface area contributed by atoms with Gasteiger partial charge in [-0.1, -0.05) is 6.07 Å². The molecule has 184 valence electrons. The van der Waals surface area contributed by atoms with Gasteiger partial charge in [-0.3, -0.25) is 4.79 Å². The van der Waals surface area contributed by atoms with Crippen LogP contribution in [-0.2, 0) is 19.0 Å². The molecule has 3 rings (SSSR count). The van der Waals surface area contributed by atoms with E-state index in [2.05, 4.69) is 0 Å². The number of hydrogen-bond acceptors (Lipinski definition) is 6. The van der Waals surface area contributed by atoms with Crippen molar-refractivity contribution in [3.8, 4) is 5.75 Å². The number of fused-ring (bicyclic) bond motifs is 3. The predicted octanol–water partition coefficient (Wildman–Crippen LogP) is 4.55. The van der Waals surface area contributed by atoms with E-state index < -0.39 is 18.4 Å². The van der Waals surface area contributed by atoms with E-state index in [1.54, 1.807) is 19.2 Å². The van der Waals surface area contributed by atoms with Gasteiger partial charge in [-0.15, -0.1) is 0 Å². The molecule has 8 nitrogen and oxygen atoms in total. The summed E-state index contributed by atoms with van der Waals surface area (Å²) < 4.78 is 35.4. The molecule has 1 aromatic heterocycles. The highest BCUT2D eigenvalue weighted by atomic mass is 18.2. The third-order valence-corrected chi connectivity index (χ3v) is 4.95. The fourth-order valence-electron chi connectivity index (χ4n) is 3.46. The molecule has 0 unspecified atom stereocenters. The zero-order valence-electron chi connectivity index (χ0n) is 20.0. The van der Waals surface area contributed by atoms with Gasteiger partial charge in [0.05, 0.1) is 37.5 Å². The number of benzene rings is 2. The van der Waals surface area contributed by atoms with E-state index in [-0.39, 0.29) is 6.61 Å². The molecule has 0 aliphatic rings. The SMILES string of the molecule is CN(C=O)c1ccc2c3ccc(OCCOCCOCC[18F])cc3n(C(=O)OC(C)(C)C)c2c1. The van der Waals surface area contributed by atoms with Crippen LogP contribution >= 0.6 is 0 Å². The molecule has 0 N–H and O–H groups in total. The summed E-state index contributed by atoms with van der Waals surface area (Å²) in [4.78, 5) is 25.9. The molecule has 0 radical (unpaired) electrons. The second-order valence-electron chi connectivity index (χ2n) is 8.67. The van der Waals surface area contributed by atoms with E-state index in [0.717, 1.165) is 10.8 Å². The Morgan fingerprint density at radius 3 is 2.24 bits per heavy atom. The number of alkyl halides is 1. The number of carbonyl (C=O) groups excluding carboxylic acids is 2. The second-order valence-corrected chi connectivity index (χ2v) is 8.67. The predicted molar refractivity (Wildman–Crippen MR) is 129 cm³/mol. The fourth-order valence-corrected chi connectivity index (χ4v) is 3.46. The first-order chi connectivity index (χ1) is 16.2. The number of anilines is 1. The van der Waals surface area contributed by atoms with E-state index in [9.17, 15) is 14.0 Å². The number of hydrogen-bond donors (Lipinski definition) is 0. The molecule has 34 heavy (non-hydrogen) atoms. The Hall–Kier alpha value is -3.17. The molecule has 0 atom stereocenters. The van der Waals surface area contributed by atoms with Crippen molar-refractivity contribution in [2.24, 2.45) is 0 Å². The Bertz CT molecular complexity index is 1140. The van der Waals surface area contributed by atoms with Crippen molar-refractivity contribution in [3.05, 3.63) is 36.4 Å². The summed E-state index contributed by atoms with van der Waals surface area (Å²) in [7, 11) is 1.65. The van der Waals surface area contributed by atoms with Gasteiger partial charge in [0.25, 0.3) is 0 Å². The van der Waals surface area contributed by atoms with Crippen LogP contribution in [0.3, 0.4) is 0 Å². The standard InChI is InChI=1S/C25H31FN2O6/c1-25(2,3)34-24(30)28-22-15-18(27(4)17-29)5-7-20(22)21-8-6-19(16-23(21)28)33-14-13-32-12-11-31-10-9-26/h5-8,15-17H,9-14H2,1-4H3/i26-1. The average Bonchev–Trinajstić information content (AvgIpc) is 3.12. The molecule has 1 heterocycles. The van der Waals surface area contributed by atoms with E-state index >= 15 is 0 Å².